The lowest BCUT2D eigenvalue weighted by Crippen LogP contribution is -2.48. The molecule has 0 aromatic heterocycles. The van der Waals surface area contributed by atoms with Gasteiger partial charge in [0.05, 0.1) is 6.61 Å². The Balaban J connectivity index is 2.19. The Kier molecular flexibility index (Phi) is 7.00. The first-order valence-corrected chi connectivity index (χ1v) is 6.19. The number of methoxy groups -OCH3 is 1. The summed E-state index contributed by atoms with van der Waals surface area (Å²) >= 11 is 10.1. The first kappa shape index (κ1) is 14.6. The summed E-state index contributed by atoms with van der Waals surface area (Å²) in [7, 11) is 1.63. The van der Waals surface area contributed by atoms with E-state index in [9.17, 15) is 0 Å². The number of hydrogen-bond acceptors (Lipinski definition) is 3. The van der Waals surface area contributed by atoms with Crippen LogP contribution in [0.25, 0.3) is 0 Å². The minimum atomic E-state index is 0.442. The zero-order chi connectivity index (χ0) is 13.2. The molecule has 7 heteroatoms. The average molecular weight is 284 g/mol. The Morgan fingerprint density at radius 2 is 1.78 bits per heavy atom. The van der Waals surface area contributed by atoms with Crippen molar-refractivity contribution in [3.05, 3.63) is 30.3 Å². The normalized spacial score (nSPS) is 9.39. The number of rotatable bonds is 4. The lowest BCUT2D eigenvalue weighted by Gasteiger charge is -2.13. The highest BCUT2D eigenvalue weighted by Gasteiger charge is 1.97. The van der Waals surface area contributed by atoms with Crippen molar-refractivity contribution in [3.63, 3.8) is 0 Å². The quantitative estimate of drug-likeness (QED) is 0.374. The molecule has 1 aromatic rings. The maximum Gasteiger partial charge on any atom is 0.189 e. The van der Waals surface area contributed by atoms with Gasteiger partial charge in [0.1, 0.15) is 0 Å². The molecule has 0 spiro atoms. The van der Waals surface area contributed by atoms with Crippen LogP contribution >= 0.6 is 24.4 Å². The van der Waals surface area contributed by atoms with Crippen LogP contribution in [0.1, 0.15) is 0 Å². The van der Waals surface area contributed by atoms with E-state index < -0.39 is 0 Å². The Bertz CT molecular complexity index is 386. The third-order valence-corrected chi connectivity index (χ3v) is 2.36. The van der Waals surface area contributed by atoms with Gasteiger partial charge in [-0.15, -0.1) is 0 Å². The van der Waals surface area contributed by atoms with Crippen molar-refractivity contribution in [2.75, 3.05) is 25.6 Å². The summed E-state index contributed by atoms with van der Waals surface area (Å²) in [5, 5.41) is 6.86. The minimum absolute atomic E-state index is 0.442. The van der Waals surface area contributed by atoms with Crippen molar-refractivity contribution in [2.24, 2.45) is 0 Å². The number of anilines is 1. The topological polar surface area (TPSA) is 57.4 Å². The number of hydrogen-bond donors (Lipinski definition) is 4. The van der Waals surface area contributed by atoms with Crippen LogP contribution in [0, 0.1) is 0 Å². The van der Waals surface area contributed by atoms with E-state index in [2.05, 4.69) is 21.5 Å². The van der Waals surface area contributed by atoms with Crippen LogP contribution < -0.4 is 21.5 Å². The molecule has 4 N–H and O–H groups in total. The molecule has 0 heterocycles. The second-order valence-electron chi connectivity index (χ2n) is 3.32. The highest BCUT2D eigenvalue weighted by Crippen LogP contribution is 2.03. The van der Waals surface area contributed by atoms with E-state index in [4.69, 9.17) is 29.2 Å². The minimum Gasteiger partial charge on any atom is -0.383 e. The lowest BCUT2D eigenvalue weighted by molar-refractivity contribution is 0.204. The van der Waals surface area contributed by atoms with Gasteiger partial charge in [0.2, 0.25) is 0 Å². The van der Waals surface area contributed by atoms with Crippen LogP contribution in [0.3, 0.4) is 0 Å². The van der Waals surface area contributed by atoms with E-state index in [1.54, 1.807) is 7.11 Å². The fraction of sp³-hybridized carbons (Fsp3) is 0.273. The lowest BCUT2D eigenvalue weighted by atomic mass is 10.3. The molecule has 0 bridgehead atoms. The highest BCUT2D eigenvalue weighted by molar-refractivity contribution is 7.80. The number of hydrazine groups is 1. The molecule has 1 rings (SSSR count). The molecule has 98 valence electrons. The second-order valence-corrected chi connectivity index (χ2v) is 4.14. The smallest absolute Gasteiger partial charge is 0.189 e. The number of benzene rings is 1. The fourth-order valence-electron chi connectivity index (χ4n) is 1.11. The predicted octanol–water partition coefficient (Wildman–Crippen LogP) is 0.998. The SMILES string of the molecule is COCCNC(=S)NNC(=S)Nc1ccccc1. The molecule has 0 unspecified atom stereocenters. The fourth-order valence-corrected chi connectivity index (χ4v) is 1.43. The molecular weight excluding hydrogens is 268 g/mol. The highest BCUT2D eigenvalue weighted by atomic mass is 32.1. The summed E-state index contributed by atoms with van der Waals surface area (Å²) in [5.41, 5.74) is 6.47. The summed E-state index contributed by atoms with van der Waals surface area (Å²) in [6.45, 7) is 1.23. The van der Waals surface area contributed by atoms with Crippen molar-refractivity contribution in [1.82, 2.24) is 16.2 Å². The summed E-state index contributed by atoms with van der Waals surface area (Å²) in [6.07, 6.45) is 0. The van der Waals surface area contributed by atoms with Gasteiger partial charge in [0, 0.05) is 19.3 Å². The predicted molar refractivity (Wildman–Crippen MR) is 81.4 cm³/mol. The second kappa shape index (κ2) is 8.62. The van der Waals surface area contributed by atoms with Gasteiger partial charge in [-0.25, -0.2) is 0 Å². The van der Waals surface area contributed by atoms with Gasteiger partial charge in [-0.1, -0.05) is 18.2 Å². The zero-order valence-electron chi connectivity index (χ0n) is 10.0. The Labute approximate surface area is 117 Å². The van der Waals surface area contributed by atoms with Crippen LogP contribution in [0.4, 0.5) is 5.69 Å². The molecule has 0 aliphatic heterocycles. The summed E-state index contributed by atoms with van der Waals surface area (Å²) in [6, 6.07) is 9.63. The van der Waals surface area contributed by atoms with E-state index in [0.29, 0.717) is 23.4 Å². The molecule has 0 aliphatic rings. The largest absolute Gasteiger partial charge is 0.383 e. The van der Waals surface area contributed by atoms with Gasteiger partial charge in [0.15, 0.2) is 10.2 Å². The Morgan fingerprint density at radius 3 is 2.44 bits per heavy atom. The third-order valence-electron chi connectivity index (χ3n) is 1.91. The molecule has 0 saturated carbocycles. The zero-order valence-corrected chi connectivity index (χ0v) is 11.7. The molecule has 0 amide bonds. The monoisotopic (exact) mass is 284 g/mol. The van der Waals surface area contributed by atoms with E-state index in [1.165, 1.54) is 0 Å². The van der Waals surface area contributed by atoms with Crippen LogP contribution in [0.5, 0.6) is 0 Å². The molecule has 5 nitrogen and oxygen atoms in total. The summed E-state index contributed by atoms with van der Waals surface area (Å²) < 4.78 is 4.89. The first-order chi connectivity index (χ1) is 8.72. The van der Waals surface area contributed by atoms with Crippen molar-refractivity contribution >= 4 is 40.3 Å². The van der Waals surface area contributed by atoms with Crippen LogP contribution in [0.2, 0.25) is 0 Å². The van der Waals surface area contributed by atoms with Crippen molar-refractivity contribution in [3.8, 4) is 0 Å². The third kappa shape index (κ3) is 6.33. The van der Waals surface area contributed by atoms with Gasteiger partial charge in [-0.05, 0) is 36.6 Å². The van der Waals surface area contributed by atoms with E-state index >= 15 is 0 Å². The van der Waals surface area contributed by atoms with Crippen molar-refractivity contribution in [1.29, 1.82) is 0 Å². The van der Waals surface area contributed by atoms with E-state index in [0.717, 1.165) is 5.69 Å². The number of ether oxygens (including phenoxy) is 1. The maximum atomic E-state index is 5.09. The van der Waals surface area contributed by atoms with Gasteiger partial charge in [-0.3, -0.25) is 10.9 Å². The maximum absolute atomic E-state index is 5.09. The Hall–Kier alpha value is -1.44. The molecule has 0 saturated heterocycles. The van der Waals surface area contributed by atoms with Gasteiger partial charge in [-0.2, -0.15) is 0 Å². The van der Waals surface area contributed by atoms with Crippen LogP contribution in [-0.2, 0) is 4.74 Å². The first-order valence-electron chi connectivity index (χ1n) is 5.37. The van der Waals surface area contributed by atoms with Crippen molar-refractivity contribution in [2.45, 2.75) is 0 Å². The molecule has 0 radical (unpaired) electrons. The molecule has 0 fully saturated rings. The Morgan fingerprint density at radius 1 is 1.11 bits per heavy atom. The van der Waals surface area contributed by atoms with Crippen molar-refractivity contribution < 1.29 is 4.74 Å². The van der Waals surface area contributed by atoms with Crippen LogP contribution in [0.15, 0.2) is 30.3 Å². The molecule has 0 aliphatic carbocycles. The molecular formula is C11H16N4OS2. The molecule has 1 aromatic carbocycles. The number of nitrogens with one attached hydrogen (secondary N) is 4. The summed E-state index contributed by atoms with van der Waals surface area (Å²) in [5.74, 6) is 0. The van der Waals surface area contributed by atoms with Gasteiger partial charge >= 0.3 is 0 Å². The van der Waals surface area contributed by atoms with E-state index in [-0.39, 0.29) is 0 Å². The van der Waals surface area contributed by atoms with E-state index in [1.807, 2.05) is 30.3 Å². The molecule has 18 heavy (non-hydrogen) atoms. The summed E-state index contributed by atoms with van der Waals surface area (Å²) in [4.78, 5) is 0. The molecule has 0 atom stereocenters. The standard InChI is InChI=1S/C11H16N4OS2/c1-16-8-7-12-10(17)14-15-11(18)13-9-5-3-2-4-6-9/h2-6H,7-8H2,1H3,(H2,12,14,17)(H2,13,15,18). The van der Waals surface area contributed by atoms with Gasteiger partial charge in [0.25, 0.3) is 0 Å². The van der Waals surface area contributed by atoms with Crippen LogP contribution in [-0.4, -0.2) is 30.5 Å². The number of thiocarbonyl (C=S) groups is 2. The number of para-hydroxylation sites is 1. The van der Waals surface area contributed by atoms with Gasteiger partial charge < -0.3 is 15.4 Å². The average Bonchev–Trinajstić information content (AvgIpc) is 2.38.